The second kappa shape index (κ2) is 12.9. The number of rotatable bonds is 10. The Balaban J connectivity index is 1.46. The Bertz CT molecular complexity index is 1570. The second-order valence-electron chi connectivity index (χ2n) is 9.62. The summed E-state index contributed by atoms with van der Waals surface area (Å²) >= 11 is 1.38. The molecular weight excluding hydrogens is 557 g/mol. The molecule has 10 heteroatoms. The monoisotopic (exact) mass is 587 g/mol. The molecule has 8 nitrogen and oxygen atoms in total. The SMILES string of the molecule is COc1cccc([C@@H]2C(C(=O)OCc3ccccc3)=C(C)N=C3SC=C(CC(=O)NCc4ccc(F)cc4)N32)c1OC. The van der Waals surface area contributed by atoms with Crippen LogP contribution in [0, 0.1) is 5.82 Å². The maximum absolute atomic E-state index is 13.7. The molecule has 2 aliphatic rings. The van der Waals surface area contributed by atoms with Gasteiger partial charge in [0.25, 0.3) is 0 Å². The van der Waals surface area contributed by atoms with Crippen LogP contribution < -0.4 is 14.8 Å². The average molecular weight is 588 g/mol. The van der Waals surface area contributed by atoms with Gasteiger partial charge in [0.2, 0.25) is 5.91 Å². The van der Waals surface area contributed by atoms with Crippen molar-refractivity contribution in [2.24, 2.45) is 4.99 Å². The van der Waals surface area contributed by atoms with Crippen molar-refractivity contribution in [2.75, 3.05) is 14.2 Å². The highest BCUT2D eigenvalue weighted by atomic mass is 32.2. The number of methoxy groups -OCH3 is 2. The standard InChI is InChI=1S/C32H30FN3O5S/c1-20-28(31(38)41-18-22-8-5-4-6-9-22)29(25-10-7-11-26(39-2)30(25)40-3)36-24(19-42-32(36)35-20)16-27(37)34-17-21-12-14-23(33)15-13-21/h4-15,19,29H,16-18H2,1-3H3,(H,34,37)/t29-/m1/s1. The maximum Gasteiger partial charge on any atom is 0.338 e. The van der Waals surface area contributed by atoms with E-state index < -0.39 is 12.0 Å². The van der Waals surface area contributed by atoms with Gasteiger partial charge >= 0.3 is 5.97 Å². The lowest BCUT2D eigenvalue weighted by Crippen LogP contribution is -2.38. The summed E-state index contributed by atoms with van der Waals surface area (Å²) in [6.45, 7) is 2.12. The number of thioether (sulfide) groups is 1. The summed E-state index contributed by atoms with van der Waals surface area (Å²) in [4.78, 5) is 33.4. The molecule has 1 N–H and O–H groups in total. The Morgan fingerprint density at radius 2 is 1.74 bits per heavy atom. The number of nitrogens with zero attached hydrogens (tertiary/aromatic N) is 2. The van der Waals surface area contributed by atoms with Gasteiger partial charge < -0.3 is 24.4 Å². The molecule has 0 saturated carbocycles. The molecule has 0 saturated heterocycles. The van der Waals surface area contributed by atoms with Gasteiger partial charge in [0.15, 0.2) is 16.7 Å². The number of hydrogen-bond acceptors (Lipinski definition) is 8. The van der Waals surface area contributed by atoms with E-state index in [1.54, 1.807) is 39.3 Å². The van der Waals surface area contributed by atoms with Crippen LogP contribution in [0.3, 0.4) is 0 Å². The molecule has 3 aromatic carbocycles. The summed E-state index contributed by atoms with van der Waals surface area (Å²) in [5.74, 6) is -0.127. The zero-order valence-electron chi connectivity index (χ0n) is 23.4. The molecule has 5 rings (SSSR count). The average Bonchev–Trinajstić information content (AvgIpc) is 3.40. The van der Waals surface area contributed by atoms with Gasteiger partial charge in [-0.1, -0.05) is 66.4 Å². The van der Waals surface area contributed by atoms with Gasteiger partial charge in [-0.3, -0.25) is 4.79 Å². The maximum atomic E-state index is 13.7. The van der Waals surface area contributed by atoms with Crippen molar-refractivity contribution in [3.8, 4) is 11.5 Å². The fourth-order valence-corrected chi connectivity index (χ4v) is 5.85. The molecule has 42 heavy (non-hydrogen) atoms. The largest absolute Gasteiger partial charge is 0.493 e. The van der Waals surface area contributed by atoms with E-state index in [0.29, 0.717) is 39.2 Å². The van der Waals surface area contributed by atoms with Gasteiger partial charge in [0, 0.05) is 17.8 Å². The highest BCUT2D eigenvalue weighted by molar-refractivity contribution is 8.16. The second-order valence-corrected chi connectivity index (χ2v) is 10.5. The Hall–Kier alpha value is -4.57. The van der Waals surface area contributed by atoms with Crippen LogP contribution in [0.5, 0.6) is 11.5 Å². The molecule has 1 amide bonds. The van der Waals surface area contributed by atoms with E-state index >= 15 is 0 Å². The van der Waals surface area contributed by atoms with Crippen molar-refractivity contribution >= 4 is 28.8 Å². The minimum atomic E-state index is -0.697. The molecule has 0 fully saturated rings. The molecule has 216 valence electrons. The van der Waals surface area contributed by atoms with Gasteiger partial charge in [-0.15, -0.1) is 0 Å². The number of halogens is 1. The minimum absolute atomic E-state index is 0.0292. The fourth-order valence-electron chi connectivity index (χ4n) is 4.88. The van der Waals surface area contributed by atoms with Crippen LogP contribution in [0.15, 0.2) is 100 Å². The molecule has 0 radical (unpaired) electrons. The van der Waals surface area contributed by atoms with Gasteiger partial charge in [-0.2, -0.15) is 0 Å². The number of para-hydroxylation sites is 1. The summed E-state index contributed by atoms with van der Waals surface area (Å²) in [5.41, 5.74) is 3.80. The third-order valence-corrected chi connectivity index (χ3v) is 7.79. The topological polar surface area (TPSA) is 89.5 Å². The van der Waals surface area contributed by atoms with Crippen LogP contribution in [0.1, 0.15) is 36.1 Å². The third kappa shape index (κ3) is 6.18. The Morgan fingerprint density at radius 1 is 0.976 bits per heavy atom. The molecule has 1 atom stereocenters. The molecule has 3 aromatic rings. The summed E-state index contributed by atoms with van der Waals surface area (Å²) in [6.07, 6.45) is 0.0292. The quantitative estimate of drug-likeness (QED) is 0.297. The predicted molar refractivity (Wildman–Crippen MR) is 159 cm³/mol. The van der Waals surface area contributed by atoms with Crippen LogP contribution in [0.25, 0.3) is 0 Å². The zero-order valence-corrected chi connectivity index (χ0v) is 24.2. The van der Waals surface area contributed by atoms with E-state index in [1.165, 1.54) is 23.9 Å². The summed E-state index contributed by atoms with van der Waals surface area (Å²) in [7, 11) is 3.09. The van der Waals surface area contributed by atoms with Crippen molar-refractivity contribution in [1.29, 1.82) is 0 Å². The van der Waals surface area contributed by atoms with E-state index in [-0.39, 0.29) is 31.3 Å². The fraction of sp³-hybridized carbons (Fsp3) is 0.219. The first-order chi connectivity index (χ1) is 20.4. The Labute approximate surface area is 247 Å². The lowest BCUT2D eigenvalue weighted by Gasteiger charge is -2.37. The van der Waals surface area contributed by atoms with Crippen molar-refractivity contribution in [2.45, 2.75) is 32.5 Å². The van der Waals surface area contributed by atoms with E-state index in [4.69, 9.17) is 19.2 Å². The number of benzene rings is 3. The molecule has 0 aliphatic carbocycles. The third-order valence-electron chi connectivity index (χ3n) is 6.91. The number of carbonyl (C=O) groups is 2. The molecule has 2 heterocycles. The number of nitrogens with one attached hydrogen (secondary N) is 1. The Morgan fingerprint density at radius 3 is 2.45 bits per heavy atom. The predicted octanol–water partition coefficient (Wildman–Crippen LogP) is 5.87. The summed E-state index contributed by atoms with van der Waals surface area (Å²) in [6, 6.07) is 20.2. The van der Waals surface area contributed by atoms with Crippen LogP contribution >= 0.6 is 11.8 Å². The number of carbonyl (C=O) groups excluding carboxylic acids is 2. The van der Waals surface area contributed by atoms with Gasteiger partial charge in [0.1, 0.15) is 12.4 Å². The lowest BCUT2D eigenvalue weighted by atomic mass is 9.92. The van der Waals surface area contributed by atoms with Crippen LogP contribution in [0.2, 0.25) is 0 Å². The summed E-state index contributed by atoms with van der Waals surface area (Å²) < 4.78 is 30.4. The first-order valence-electron chi connectivity index (χ1n) is 13.3. The van der Waals surface area contributed by atoms with Crippen molar-refractivity contribution in [3.63, 3.8) is 0 Å². The number of ether oxygens (including phenoxy) is 3. The van der Waals surface area contributed by atoms with Crippen molar-refractivity contribution in [1.82, 2.24) is 10.2 Å². The number of fused-ring (bicyclic) bond motifs is 1. The highest BCUT2D eigenvalue weighted by Gasteiger charge is 2.42. The van der Waals surface area contributed by atoms with E-state index in [2.05, 4.69) is 5.32 Å². The van der Waals surface area contributed by atoms with Gasteiger partial charge in [-0.25, -0.2) is 14.2 Å². The molecule has 0 bridgehead atoms. The number of allylic oxidation sites excluding steroid dienone is 1. The number of esters is 1. The van der Waals surface area contributed by atoms with Crippen LogP contribution in [-0.2, 0) is 27.5 Å². The molecule has 0 unspecified atom stereocenters. The normalized spacial score (nSPS) is 15.9. The molecule has 0 aromatic heterocycles. The van der Waals surface area contributed by atoms with E-state index in [9.17, 15) is 14.0 Å². The number of amides is 1. The molecular formula is C32H30FN3O5S. The van der Waals surface area contributed by atoms with Crippen molar-refractivity contribution in [3.05, 3.63) is 118 Å². The highest BCUT2D eigenvalue weighted by Crippen LogP contribution is 2.48. The first-order valence-corrected chi connectivity index (χ1v) is 14.1. The molecule has 0 spiro atoms. The van der Waals surface area contributed by atoms with Crippen LogP contribution in [0.4, 0.5) is 4.39 Å². The lowest BCUT2D eigenvalue weighted by molar-refractivity contribution is -0.141. The number of aliphatic imine (C=N–C) groups is 1. The van der Waals surface area contributed by atoms with Crippen LogP contribution in [-0.4, -0.2) is 36.2 Å². The van der Waals surface area contributed by atoms with Gasteiger partial charge in [-0.05, 0) is 41.7 Å². The molecule has 2 aliphatic heterocycles. The smallest absolute Gasteiger partial charge is 0.338 e. The van der Waals surface area contributed by atoms with E-state index in [0.717, 1.165) is 11.1 Å². The van der Waals surface area contributed by atoms with Crippen molar-refractivity contribution < 1.29 is 28.2 Å². The first kappa shape index (κ1) is 28.9. The summed E-state index contributed by atoms with van der Waals surface area (Å²) in [5, 5.41) is 5.38. The van der Waals surface area contributed by atoms with Gasteiger partial charge in [0.05, 0.1) is 38.0 Å². The minimum Gasteiger partial charge on any atom is -0.493 e. The number of amidine groups is 1. The zero-order chi connectivity index (χ0) is 29.6. The number of hydrogen-bond donors (Lipinski definition) is 1. The Kier molecular flexibility index (Phi) is 8.92. The van der Waals surface area contributed by atoms with E-state index in [1.807, 2.05) is 52.8 Å².